The molecule has 1 rings (SSSR count). The van der Waals surface area contributed by atoms with Gasteiger partial charge in [0.2, 0.25) is 0 Å². The van der Waals surface area contributed by atoms with Gasteiger partial charge in [-0.25, -0.2) is 4.98 Å². The third-order valence-corrected chi connectivity index (χ3v) is 1.79. The molecule has 0 bridgehead atoms. The van der Waals surface area contributed by atoms with Gasteiger partial charge in [-0.15, -0.1) is 0 Å². The Hall–Kier alpha value is -1.29. The highest BCUT2D eigenvalue weighted by molar-refractivity contribution is 5.26. The molecule has 1 heteroatoms. The Kier molecular flexibility index (Phi) is 4.71. The van der Waals surface area contributed by atoms with Crippen molar-refractivity contribution in [1.82, 2.24) is 4.98 Å². The van der Waals surface area contributed by atoms with Gasteiger partial charge in [-0.05, 0) is 24.5 Å². The zero-order chi connectivity index (χ0) is 9.36. The second kappa shape index (κ2) is 6.25. The molecule has 0 saturated carbocycles. The largest absolute Gasteiger partial charge is 0.248 e. The third-order valence-electron chi connectivity index (χ3n) is 1.79. The van der Waals surface area contributed by atoms with Crippen molar-refractivity contribution in [2.24, 2.45) is 0 Å². The smallest absolute Gasteiger partial charge is 0.113 e. The predicted octanol–water partition coefficient (Wildman–Crippen LogP) is 3.01. The average Bonchev–Trinajstić information content (AvgIpc) is 2.19. The summed E-state index contributed by atoms with van der Waals surface area (Å²) < 4.78 is 0. The van der Waals surface area contributed by atoms with E-state index in [1.165, 1.54) is 19.3 Å². The first-order chi connectivity index (χ1) is 6.43. The molecule has 0 amide bonds. The van der Waals surface area contributed by atoms with E-state index in [0.29, 0.717) is 0 Å². The summed E-state index contributed by atoms with van der Waals surface area (Å²) in [5.41, 5.74) is 0.874. The molecule has 0 saturated heterocycles. The summed E-state index contributed by atoms with van der Waals surface area (Å²) in [6, 6.07) is 5.80. The lowest BCUT2D eigenvalue weighted by Gasteiger charge is -1.89. The van der Waals surface area contributed by atoms with Crippen LogP contribution in [0.1, 0.15) is 38.3 Å². The van der Waals surface area contributed by atoms with Crippen LogP contribution in [0.25, 0.3) is 0 Å². The minimum absolute atomic E-state index is 0.874. The van der Waals surface area contributed by atoms with E-state index in [0.717, 1.165) is 12.1 Å². The van der Waals surface area contributed by atoms with Gasteiger partial charge in [-0.3, -0.25) is 0 Å². The van der Waals surface area contributed by atoms with E-state index in [-0.39, 0.29) is 0 Å². The molecule has 0 radical (unpaired) electrons. The SMILES string of the molecule is CCCCCC#Cc1ccccn1. The van der Waals surface area contributed by atoms with Crippen LogP contribution in [0.5, 0.6) is 0 Å². The fraction of sp³-hybridized carbons (Fsp3) is 0.417. The van der Waals surface area contributed by atoms with Crippen LogP contribution >= 0.6 is 0 Å². The van der Waals surface area contributed by atoms with E-state index < -0.39 is 0 Å². The second-order valence-electron chi connectivity index (χ2n) is 2.97. The highest BCUT2D eigenvalue weighted by Crippen LogP contribution is 1.97. The van der Waals surface area contributed by atoms with Crippen LogP contribution in [0.3, 0.4) is 0 Å². The minimum Gasteiger partial charge on any atom is -0.248 e. The summed E-state index contributed by atoms with van der Waals surface area (Å²) in [5, 5.41) is 0. The monoisotopic (exact) mass is 173 g/mol. The molecule has 0 spiro atoms. The molecule has 0 aliphatic heterocycles. The van der Waals surface area contributed by atoms with Crippen molar-refractivity contribution in [1.29, 1.82) is 0 Å². The summed E-state index contributed by atoms with van der Waals surface area (Å²) in [5.74, 6) is 6.17. The second-order valence-corrected chi connectivity index (χ2v) is 2.97. The zero-order valence-electron chi connectivity index (χ0n) is 8.09. The average molecular weight is 173 g/mol. The molecule has 0 aliphatic carbocycles. The van der Waals surface area contributed by atoms with E-state index in [9.17, 15) is 0 Å². The van der Waals surface area contributed by atoms with E-state index in [1.54, 1.807) is 6.20 Å². The lowest BCUT2D eigenvalue weighted by Crippen LogP contribution is -1.78. The Morgan fingerprint density at radius 3 is 2.92 bits per heavy atom. The first-order valence-corrected chi connectivity index (χ1v) is 4.83. The van der Waals surface area contributed by atoms with Gasteiger partial charge in [-0.1, -0.05) is 31.8 Å². The Labute approximate surface area is 80.2 Å². The van der Waals surface area contributed by atoms with Gasteiger partial charge in [0.25, 0.3) is 0 Å². The number of aromatic nitrogens is 1. The number of unbranched alkanes of at least 4 members (excludes halogenated alkanes) is 3. The maximum Gasteiger partial charge on any atom is 0.113 e. The fourth-order valence-corrected chi connectivity index (χ4v) is 1.05. The molecule has 1 aromatic rings. The molecule has 0 unspecified atom stereocenters. The highest BCUT2D eigenvalue weighted by Gasteiger charge is 1.83. The van der Waals surface area contributed by atoms with Crippen LogP contribution in [0, 0.1) is 11.8 Å². The Bertz CT molecular complexity index is 279. The summed E-state index contributed by atoms with van der Waals surface area (Å²) in [4.78, 5) is 4.12. The minimum atomic E-state index is 0.874. The van der Waals surface area contributed by atoms with Crippen LogP contribution in [0.15, 0.2) is 24.4 Å². The molecule has 0 aliphatic rings. The summed E-state index contributed by atoms with van der Waals surface area (Å²) in [6.45, 7) is 2.20. The predicted molar refractivity (Wildman–Crippen MR) is 55.3 cm³/mol. The molecular weight excluding hydrogens is 158 g/mol. The van der Waals surface area contributed by atoms with Gasteiger partial charge in [-0.2, -0.15) is 0 Å². The van der Waals surface area contributed by atoms with Crippen LogP contribution in [0.4, 0.5) is 0 Å². The number of rotatable bonds is 3. The number of hydrogen-bond donors (Lipinski definition) is 0. The van der Waals surface area contributed by atoms with Crippen molar-refractivity contribution >= 4 is 0 Å². The molecule has 0 aromatic carbocycles. The van der Waals surface area contributed by atoms with Crippen molar-refractivity contribution in [3.63, 3.8) is 0 Å². The Morgan fingerprint density at radius 2 is 2.23 bits per heavy atom. The first-order valence-electron chi connectivity index (χ1n) is 4.83. The molecule has 1 nitrogen and oxygen atoms in total. The van der Waals surface area contributed by atoms with Gasteiger partial charge < -0.3 is 0 Å². The van der Waals surface area contributed by atoms with Gasteiger partial charge in [0.15, 0.2) is 0 Å². The summed E-state index contributed by atoms with van der Waals surface area (Å²) in [6.07, 6.45) is 6.50. The van der Waals surface area contributed by atoms with Gasteiger partial charge >= 0.3 is 0 Å². The maximum atomic E-state index is 4.12. The normalized spacial score (nSPS) is 9.00. The van der Waals surface area contributed by atoms with Gasteiger partial charge in [0.1, 0.15) is 5.69 Å². The maximum absolute atomic E-state index is 4.12. The quantitative estimate of drug-likeness (QED) is 0.505. The zero-order valence-corrected chi connectivity index (χ0v) is 8.09. The molecule has 68 valence electrons. The van der Waals surface area contributed by atoms with Crippen LogP contribution in [0.2, 0.25) is 0 Å². The third kappa shape index (κ3) is 4.32. The highest BCUT2D eigenvalue weighted by atomic mass is 14.6. The Morgan fingerprint density at radius 1 is 1.31 bits per heavy atom. The molecule has 0 atom stereocenters. The van der Waals surface area contributed by atoms with Gasteiger partial charge in [0.05, 0.1) is 0 Å². The lowest BCUT2D eigenvalue weighted by molar-refractivity contribution is 0.737. The molecule has 0 N–H and O–H groups in total. The van der Waals surface area contributed by atoms with Crippen molar-refractivity contribution < 1.29 is 0 Å². The van der Waals surface area contributed by atoms with E-state index in [2.05, 4.69) is 23.7 Å². The number of hydrogen-bond acceptors (Lipinski definition) is 1. The number of pyridine rings is 1. The fourth-order valence-electron chi connectivity index (χ4n) is 1.05. The standard InChI is InChI=1S/C12H15N/c1-2-3-4-5-6-9-12-10-7-8-11-13-12/h7-8,10-11H,2-5H2,1H3. The van der Waals surface area contributed by atoms with Crippen molar-refractivity contribution in [3.05, 3.63) is 30.1 Å². The van der Waals surface area contributed by atoms with Crippen LogP contribution in [-0.4, -0.2) is 4.98 Å². The molecule has 1 aromatic heterocycles. The van der Waals surface area contributed by atoms with Crippen LogP contribution < -0.4 is 0 Å². The van der Waals surface area contributed by atoms with E-state index >= 15 is 0 Å². The van der Waals surface area contributed by atoms with E-state index in [1.807, 2.05) is 18.2 Å². The summed E-state index contributed by atoms with van der Waals surface area (Å²) in [7, 11) is 0. The topological polar surface area (TPSA) is 12.9 Å². The molecule has 0 fully saturated rings. The number of nitrogens with zero attached hydrogens (tertiary/aromatic N) is 1. The molecule has 1 heterocycles. The van der Waals surface area contributed by atoms with Crippen molar-refractivity contribution in [2.45, 2.75) is 32.6 Å². The lowest BCUT2D eigenvalue weighted by atomic mass is 10.2. The van der Waals surface area contributed by atoms with Crippen molar-refractivity contribution in [3.8, 4) is 11.8 Å². The first kappa shape index (κ1) is 9.80. The molecule has 13 heavy (non-hydrogen) atoms. The Balaban J connectivity index is 2.31. The van der Waals surface area contributed by atoms with E-state index in [4.69, 9.17) is 0 Å². The van der Waals surface area contributed by atoms with Crippen LogP contribution in [-0.2, 0) is 0 Å². The molecular formula is C12H15N. The van der Waals surface area contributed by atoms with Gasteiger partial charge in [0, 0.05) is 12.6 Å². The summed E-state index contributed by atoms with van der Waals surface area (Å²) >= 11 is 0. The van der Waals surface area contributed by atoms with Crippen molar-refractivity contribution in [2.75, 3.05) is 0 Å².